The zero-order valence-corrected chi connectivity index (χ0v) is 7.05. The first-order chi connectivity index (χ1) is 6.02. The molecule has 1 aromatic carbocycles. The van der Waals surface area contributed by atoms with Gasteiger partial charge >= 0.3 is 6.43 Å². The van der Waals surface area contributed by atoms with Crippen LogP contribution in [0.4, 0.5) is 8.78 Å². The predicted molar refractivity (Wildman–Crippen MR) is 43.5 cm³/mol. The first kappa shape index (κ1) is 9.92. The highest BCUT2D eigenvalue weighted by Crippen LogP contribution is 2.24. The maximum atomic E-state index is 11.9. The Kier molecular flexibility index (Phi) is 2.83. The summed E-state index contributed by atoms with van der Waals surface area (Å²) >= 11 is 5.42. The Morgan fingerprint density at radius 1 is 1.46 bits per heavy atom. The zero-order chi connectivity index (χ0) is 10.0. The van der Waals surface area contributed by atoms with Gasteiger partial charge in [-0.05, 0) is 18.2 Å². The first-order valence-electron chi connectivity index (χ1n) is 3.33. The van der Waals surface area contributed by atoms with Crippen LogP contribution >= 0.6 is 11.6 Å². The van der Waals surface area contributed by atoms with Crippen LogP contribution < -0.4 is 0 Å². The molecule has 0 saturated heterocycles. The Balaban J connectivity index is 3.04. The summed E-state index contributed by atoms with van der Waals surface area (Å²) in [4.78, 5) is 10.7. The van der Waals surface area contributed by atoms with Gasteiger partial charge in [-0.3, -0.25) is 4.79 Å². The highest BCUT2D eigenvalue weighted by Gasteiger charge is 2.18. The number of benzene rings is 1. The average molecular weight is 207 g/mol. The molecule has 0 aliphatic carbocycles. The summed E-state index contributed by atoms with van der Waals surface area (Å²) in [7, 11) is 0. The van der Waals surface area contributed by atoms with Crippen LogP contribution in [-0.2, 0) is 0 Å². The van der Waals surface area contributed by atoms with E-state index in [1.54, 1.807) is 0 Å². The Morgan fingerprint density at radius 3 is 2.54 bits per heavy atom. The number of hydrogen-bond acceptors (Lipinski definition) is 2. The fourth-order valence-corrected chi connectivity index (χ4v) is 0.967. The largest absolute Gasteiger partial charge is 0.506 e. The topological polar surface area (TPSA) is 37.3 Å². The molecule has 0 aromatic heterocycles. The minimum atomic E-state index is -3.05. The molecule has 0 heterocycles. The van der Waals surface area contributed by atoms with Gasteiger partial charge in [-0.15, -0.1) is 0 Å². The Labute approximate surface area is 77.8 Å². The zero-order valence-electron chi connectivity index (χ0n) is 6.30. The molecule has 0 saturated carbocycles. The highest BCUT2D eigenvalue weighted by atomic mass is 35.5. The summed E-state index contributed by atoms with van der Waals surface area (Å²) < 4.78 is 23.8. The van der Waals surface area contributed by atoms with Crippen LogP contribution in [0.5, 0.6) is 5.75 Å². The van der Waals surface area contributed by atoms with Crippen molar-refractivity contribution in [1.82, 2.24) is 0 Å². The van der Waals surface area contributed by atoms with E-state index in [0.717, 1.165) is 18.2 Å². The van der Waals surface area contributed by atoms with E-state index in [1.165, 1.54) is 0 Å². The number of hydrogen-bond donors (Lipinski definition) is 1. The molecule has 5 heteroatoms. The van der Waals surface area contributed by atoms with Gasteiger partial charge in [0.25, 0.3) is 0 Å². The summed E-state index contributed by atoms with van der Waals surface area (Å²) in [6, 6.07) is 3.19. The van der Waals surface area contributed by atoms with Crippen molar-refractivity contribution in [3.05, 3.63) is 28.8 Å². The average Bonchev–Trinajstić information content (AvgIpc) is 2.08. The normalized spacial score (nSPS) is 10.5. The molecule has 1 aromatic rings. The van der Waals surface area contributed by atoms with Crippen LogP contribution in [0.1, 0.15) is 10.4 Å². The van der Waals surface area contributed by atoms with Crippen molar-refractivity contribution in [2.45, 2.75) is 6.43 Å². The van der Waals surface area contributed by atoms with Gasteiger partial charge in [-0.2, -0.15) is 0 Å². The number of rotatable bonds is 2. The minimum absolute atomic E-state index is 0.119. The molecular formula is C8H5ClF2O2. The van der Waals surface area contributed by atoms with Crippen molar-refractivity contribution in [3.8, 4) is 5.75 Å². The number of Topliss-reactive ketones (excluding diaryl/α,β-unsaturated/α-hetero) is 1. The van der Waals surface area contributed by atoms with E-state index < -0.39 is 12.2 Å². The molecule has 13 heavy (non-hydrogen) atoms. The van der Waals surface area contributed by atoms with Gasteiger partial charge in [0.2, 0.25) is 5.78 Å². The summed E-state index contributed by atoms with van der Waals surface area (Å²) in [6.45, 7) is 0. The molecule has 0 spiro atoms. The van der Waals surface area contributed by atoms with Crippen molar-refractivity contribution in [1.29, 1.82) is 0 Å². The van der Waals surface area contributed by atoms with E-state index in [9.17, 15) is 13.6 Å². The van der Waals surface area contributed by atoms with Crippen molar-refractivity contribution < 1.29 is 18.7 Å². The SMILES string of the molecule is O=C(c1ccc(O)c(Cl)c1)C(F)F. The van der Waals surface area contributed by atoms with E-state index in [1.807, 2.05) is 0 Å². The lowest BCUT2D eigenvalue weighted by molar-refractivity contribution is 0.0678. The predicted octanol–water partition coefficient (Wildman–Crippen LogP) is 2.49. The van der Waals surface area contributed by atoms with Gasteiger partial charge in [0.05, 0.1) is 5.02 Å². The standard InChI is InChI=1S/C8H5ClF2O2/c9-5-3-4(1-2-6(5)12)7(13)8(10)11/h1-3,8,12H. The van der Waals surface area contributed by atoms with E-state index in [0.29, 0.717) is 0 Å². The van der Waals surface area contributed by atoms with E-state index >= 15 is 0 Å². The molecule has 70 valence electrons. The number of aromatic hydroxyl groups is 1. The highest BCUT2D eigenvalue weighted by molar-refractivity contribution is 6.32. The number of carbonyl (C=O) groups is 1. The van der Waals surface area contributed by atoms with Crippen LogP contribution in [0, 0.1) is 0 Å². The fraction of sp³-hybridized carbons (Fsp3) is 0.125. The number of ketones is 1. The second-order valence-electron chi connectivity index (χ2n) is 2.33. The number of carbonyl (C=O) groups excluding carboxylic acids is 1. The third kappa shape index (κ3) is 2.15. The molecule has 1 rings (SSSR count). The lowest BCUT2D eigenvalue weighted by atomic mass is 10.1. The molecule has 2 nitrogen and oxygen atoms in total. The molecule has 0 atom stereocenters. The van der Waals surface area contributed by atoms with Crippen LogP contribution in [0.3, 0.4) is 0 Å². The summed E-state index contributed by atoms with van der Waals surface area (Å²) in [6.07, 6.45) is -3.05. The molecule has 1 N–H and O–H groups in total. The maximum absolute atomic E-state index is 11.9. The van der Waals surface area contributed by atoms with Gasteiger partial charge in [-0.1, -0.05) is 11.6 Å². The van der Waals surface area contributed by atoms with Crippen LogP contribution in [0.2, 0.25) is 5.02 Å². The van der Waals surface area contributed by atoms with Crippen LogP contribution in [0.15, 0.2) is 18.2 Å². The van der Waals surface area contributed by atoms with Gasteiger partial charge < -0.3 is 5.11 Å². The smallest absolute Gasteiger partial charge is 0.300 e. The van der Waals surface area contributed by atoms with Crippen molar-refractivity contribution in [2.24, 2.45) is 0 Å². The van der Waals surface area contributed by atoms with Crippen molar-refractivity contribution in [2.75, 3.05) is 0 Å². The third-order valence-corrected chi connectivity index (χ3v) is 1.73. The monoisotopic (exact) mass is 206 g/mol. The number of halogens is 3. The van der Waals surface area contributed by atoms with Crippen molar-refractivity contribution >= 4 is 17.4 Å². The lowest BCUT2D eigenvalue weighted by Gasteiger charge is -2.01. The van der Waals surface area contributed by atoms with E-state index in [2.05, 4.69) is 0 Å². The lowest BCUT2D eigenvalue weighted by Crippen LogP contribution is -2.09. The van der Waals surface area contributed by atoms with Crippen LogP contribution in [-0.4, -0.2) is 17.3 Å². The molecule has 0 unspecified atom stereocenters. The molecule has 0 radical (unpaired) electrons. The maximum Gasteiger partial charge on any atom is 0.300 e. The van der Waals surface area contributed by atoms with Gasteiger partial charge in [0.15, 0.2) is 0 Å². The second kappa shape index (κ2) is 3.70. The van der Waals surface area contributed by atoms with Gasteiger partial charge in [-0.25, -0.2) is 8.78 Å². The molecule has 0 bridgehead atoms. The molecule has 0 amide bonds. The molecule has 0 aliphatic rings. The van der Waals surface area contributed by atoms with Gasteiger partial charge in [0.1, 0.15) is 5.75 Å². The Bertz CT molecular complexity index is 339. The number of alkyl halides is 2. The second-order valence-corrected chi connectivity index (χ2v) is 2.74. The van der Waals surface area contributed by atoms with E-state index in [-0.39, 0.29) is 16.3 Å². The molecule has 0 fully saturated rings. The Hall–Kier alpha value is -1.16. The van der Waals surface area contributed by atoms with Gasteiger partial charge in [0, 0.05) is 5.56 Å². The quantitative estimate of drug-likeness (QED) is 0.755. The number of phenols is 1. The summed E-state index contributed by atoms with van der Waals surface area (Å²) in [5.41, 5.74) is -0.210. The third-order valence-electron chi connectivity index (χ3n) is 1.43. The summed E-state index contributed by atoms with van der Waals surface area (Å²) in [5, 5.41) is 8.81. The number of phenolic OH excluding ortho intramolecular Hbond substituents is 1. The fourth-order valence-electron chi connectivity index (χ4n) is 0.786. The Morgan fingerprint density at radius 2 is 2.08 bits per heavy atom. The minimum Gasteiger partial charge on any atom is -0.506 e. The van der Waals surface area contributed by atoms with Crippen LogP contribution in [0.25, 0.3) is 0 Å². The van der Waals surface area contributed by atoms with Crippen molar-refractivity contribution in [3.63, 3.8) is 0 Å². The van der Waals surface area contributed by atoms with E-state index in [4.69, 9.17) is 16.7 Å². The first-order valence-corrected chi connectivity index (χ1v) is 3.71. The summed E-state index contributed by atoms with van der Waals surface area (Å²) in [5.74, 6) is -1.55. The molecule has 0 aliphatic heterocycles. The molecular weight excluding hydrogens is 202 g/mol.